The van der Waals surface area contributed by atoms with Gasteiger partial charge >= 0.3 is 0 Å². The third-order valence-electron chi connectivity index (χ3n) is 2.72. The summed E-state index contributed by atoms with van der Waals surface area (Å²) >= 11 is 0. The molecule has 0 aliphatic heterocycles. The number of benzene rings is 1. The van der Waals surface area contributed by atoms with Gasteiger partial charge in [0.15, 0.2) is 11.6 Å². The molecule has 0 saturated carbocycles. The average molecular weight is 265 g/mol. The Morgan fingerprint density at radius 3 is 2.68 bits per heavy atom. The van der Waals surface area contributed by atoms with Crippen molar-refractivity contribution in [3.8, 4) is 11.8 Å². The second kappa shape index (κ2) is 6.83. The molecule has 0 saturated heterocycles. The lowest BCUT2D eigenvalue weighted by Crippen LogP contribution is -2.29. The molecule has 0 unspecified atom stereocenters. The van der Waals surface area contributed by atoms with Crippen molar-refractivity contribution in [1.82, 2.24) is 0 Å². The number of rotatable bonds is 6. The van der Waals surface area contributed by atoms with E-state index >= 15 is 0 Å². The van der Waals surface area contributed by atoms with Gasteiger partial charge in [-0.25, -0.2) is 4.39 Å². The van der Waals surface area contributed by atoms with E-state index in [0.717, 1.165) is 6.54 Å². The number of anilines is 2. The summed E-state index contributed by atoms with van der Waals surface area (Å²) in [6, 6.07) is 4.96. The summed E-state index contributed by atoms with van der Waals surface area (Å²) in [6.45, 7) is 5.47. The van der Waals surface area contributed by atoms with Gasteiger partial charge in [0.05, 0.1) is 31.0 Å². The van der Waals surface area contributed by atoms with Gasteiger partial charge in [-0.15, -0.1) is 0 Å². The molecule has 0 radical (unpaired) electrons. The zero-order valence-corrected chi connectivity index (χ0v) is 11.6. The third kappa shape index (κ3) is 4.02. The van der Waals surface area contributed by atoms with Crippen LogP contribution in [0.15, 0.2) is 12.1 Å². The van der Waals surface area contributed by atoms with E-state index in [4.69, 9.17) is 15.7 Å². The molecule has 104 valence electrons. The Labute approximate surface area is 113 Å². The van der Waals surface area contributed by atoms with Crippen LogP contribution in [0.1, 0.15) is 20.3 Å². The highest BCUT2D eigenvalue weighted by Crippen LogP contribution is 2.31. The largest absolute Gasteiger partial charge is 0.494 e. The zero-order valence-electron chi connectivity index (χ0n) is 11.6. The number of hydrogen-bond acceptors (Lipinski definition) is 4. The maximum atomic E-state index is 13.5. The highest BCUT2D eigenvalue weighted by Gasteiger charge is 2.15. The Morgan fingerprint density at radius 2 is 2.16 bits per heavy atom. The molecule has 0 amide bonds. The first-order chi connectivity index (χ1) is 8.99. The van der Waals surface area contributed by atoms with Crippen molar-refractivity contribution >= 4 is 11.4 Å². The Balaban J connectivity index is 3.10. The van der Waals surface area contributed by atoms with E-state index in [0.29, 0.717) is 30.3 Å². The first kappa shape index (κ1) is 15.1. The third-order valence-corrected chi connectivity index (χ3v) is 2.72. The molecule has 0 fully saturated rings. The molecular weight excluding hydrogens is 245 g/mol. The number of methoxy groups -OCH3 is 1. The standard InChI is InChI=1S/C14H20FN3O/c1-10(2)9-18(6-4-5-16)13-8-14(19-3)11(15)7-12(13)17/h7-8,10H,4,6,9,17H2,1-3H3. The van der Waals surface area contributed by atoms with E-state index < -0.39 is 5.82 Å². The van der Waals surface area contributed by atoms with Gasteiger partial charge in [-0.1, -0.05) is 13.8 Å². The summed E-state index contributed by atoms with van der Waals surface area (Å²) in [5.74, 6) is 0.0950. The predicted molar refractivity (Wildman–Crippen MR) is 74.6 cm³/mol. The molecule has 19 heavy (non-hydrogen) atoms. The molecule has 0 atom stereocenters. The predicted octanol–water partition coefficient (Wildman–Crippen LogP) is 2.79. The number of nitrogens with zero attached hydrogens (tertiary/aromatic N) is 2. The van der Waals surface area contributed by atoms with Gasteiger partial charge < -0.3 is 15.4 Å². The van der Waals surface area contributed by atoms with Crippen LogP contribution in [0.5, 0.6) is 5.75 Å². The first-order valence-corrected chi connectivity index (χ1v) is 6.24. The van der Waals surface area contributed by atoms with Gasteiger partial charge in [-0.3, -0.25) is 0 Å². The molecular formula is C14H20FN3O. The summed E-state index contributed by atoms with van der Waals surface area (Å²) < 4.78 is 18.5. The maximum Gasteiger partial charge on any atom is 0.167 e. The molecule has 2 N–H and O–H groups in total. The lowest BCUT2D eigenvalue weighted by Gasteiger charge is -2.27. The number of nitrogen functional groups attached to an aromatic ring is 1. The van der Waals surface area contributed by atoms with Gasteiger partial charge in [0.2, 0.25) is 0 Å². The van der Waals surface area contributed by atoms with E-state index in [9.17, 15) is 4.39 Å². The first-order valence-electron chi connectivity index (χ1n) is 6.24. The second-order valence-electron chi connectivity index (χ2n) is 4.79. The number of hydrogen-bond donors (Lipinski definition) is 1. The molecule has 5 heteroatoms. The number of nitrogens with two attached hydrogens (primary N) is 1. The molecule has 0 bridgehead atoms. The Bertz CT molecular complexity index is 468. The van der Waals surface area contributed by atoms with E-state index in [-0.39, 0.29) is 5.75 Å². The highest BCUT2D eigenvalue weighted by molar-refractivity contribution is 5.70. The number of halogens is 1. The topological polar surface area (TPSA) is 62.3 Å². The molecule has 0 aliphatic carbocycles. The Kier molecular flexibility index (Phi) is 5.43. The molecule has 4 nitrogen and oxygen atoms in total. The van der Waals surface area contributed by atoms with Crippen molar-refractivity contribution in [2.45, 2.75) is 20.3 Å². The average Bonchev–Trinajstić information content (AvgIpc) is 2.34. The van der Waals surface area contributed by atoms with Crippen LogP contribution in [-0.4, -0.2) is 20.2 Å². The van der Waals surface area contributed by atoms with Gasteiger partial charge in [0, 0.05) is 25.2 Å². The van der Waals surface area contributed by atoms with E-state index in [2.05, 4.69) is 19.9 Å². The molecule has 0 spiro atoms. The summed E-state index contributed by atoms with van der Waals surface area (Å²) in [4.78, 5) is 1.99. The number of nitriles is 1. The molecule has 1 rings (SSSR count). The maximum absolute atomic E-state index is 13.5. The molecule has 1 aromatic rings. The Morgan fingerprint density at radius 1 is 1.47 bits per heavy atom. The second-order valence-corrected chi connectivity index (χ2v) is 4.79. The fourth-order valence-corrected chi connectivity index (χ4v) is 1.92. The van der Waals surface area contributed by atoms with Gasteiger partial charge in [-0.2, -0.15) is 5.26 Å². The zero-order chi connectivity index (χ0) is 14.4. The lowest BCUT2D eigenvalue weighted by molar-refractivity contribution is 0.386. The van der Waals surface area contributed by atoms with Crippen molar-refractivity contribution in [3.05, 3.63) is 17.9 Å². The Hall–Kier alpha value is -1.96. The van der Waals surface area contributed by atoms with Crippen LogP contribution in [0.4, 0.5) is 15.8 Å². The van der Waals surface area contributed by atoms with Crippen LogP contribution in [0.3, 0.4) is 0 Å². The quantitative estimate of drug-likeness (QED) is 0.803. The molecule has 0 aromatic heterocycles. The van der Waals surface area contributed by atoms with Crippen LogP contribution in [0.25, 0.3) is 0 Å². The fourth-order valence-electron chi connectivity index (χ4n) is 1.92. The van der Waals surface area contributed by atoms with E-state index in [1.165, 1.54) is 13.2 Å². The normalized spacial score (nSPS) is 10.3. The van der Waals surface area contributed by atoms with Crippen molar-refractivity contribution in [2.75, 3.05) is 30.8 Å². The molecule has 0 heterocycles. The SMILES string of the molecule is COc1cc(N(CCC#N)CC(C)C)c(N)cc1F. The number of ether oxygens (including phenoxy) is 1. The lowest BCUT2D eigenvalue weighted by atomic mass is 10.1. The smallest absolute Gasteiger partial charge is 0.167 e. The fraction of sp³-hybridized carbons (Fsp3) is 0.500. The summed E-state index contributed by atoms with van der Waals surface area (Å²) in [5, 5.41) is 8.72. The van der Waals surface area contributed by atoms with Gasteiger partial charge in [-0.05, 0) is 5.92 Å². The molecule has 0 aliphatic rings. The molecule has 1 aromatic carbocycles. The minimum Gasteiger partial charge on any atom is -0.494 e. The van der Waals surface area contributed by atoms with E-state index in [1.807, 2.05) is 4.90 Å². The van der Waals surface area contributed by atoms with Crippen LogP contribution < -0.4 is 15.4 Å². The van der Waals surface area contributed by atoms with Crippen molar-refractivity contribution in [2.24, 2.45) is 5.92 Å². The van der Waals surface area contributed by atoms with Crippen LogP contribution in [0.2, 0.25) is 0 Å². The summed E-state index contributed by atoms with van der Waals surface area (Å²) in [5.41, 5.74) is 6.94. The minimum absolute atomic E-state index is 0.162. The minimum atomic E-state index is -0.478. The summed E-state index contributed by atoms with van der Waals surface area (Å²) in [7, 11) is 1.42. The van der Waals surface area contributed by atoms with Gasteiger partial charge in [0.1, 0.15) is 0 Å². The van der Waals surface area contributed by atoms with Crippen molar-refractivity contribution in [3.63, 3.8) is 0 Å². The van der Waals surface area contributed by atoms with E-state index in [1.54, 1.807) is 6.07 Å². The van der Waals surface area contributed by atoms with Crippen LogP contribution in [0, 0.1) is 23.1 Å². The van der Waals surface area contributed by atoms with Crippen LogP contribution >= 0.6 is 0 Å². The van der Waals surface area contributed by atoms with Crippen molar-refractivity contribution in [1.29, 1.82) is 5.26 Å². The van der Waals surface area contributed by atoms with Crippen molar-refractivity contribution < 1.29 is 9.13 Å². The summed E-state index contributed by atoms with van der Waals surface area (Å²) in [6.07, 6.45) is 0.395. The van der Waals surface area contributed by atoms with Crippen LogP contribution in [-0.2, 0) is 0 Å². The monoisotopic (exact) mass is 265 g/mol. The van der Waals surface area contributed by atoms with Gasteiger partial charge in [0.25, 0.3) is 0 Å². The highest BCUT2D eigenvalue weighted by atomic mass is 19.1.